The molecule has 0 saturated carbocycles. The van der Waals surface area contributed by atoms with E-state index in [1.54, 1.807) is 41.3 Å². The highest BCUT2D eigenvalue weighted by Crippen LogP contribution is 2.23. The van der Waals surface area contributed by atoms with Gasteiger partial charge in [-0.3, -0.25) is 4.79 Å². The maximum atomic E-state index is 11.2. The van der Waals surface area contributed by atoms with Gasteiger partial charge in [-0.2, -0.15) is 0 Å². The first kappa shape index (κ1) is 11.4. The minimum absolute atomic E-state index is 0.00264. The highest BCUT2D eigenvalue weighted by atomic mass is 79.9. The highest BCUT2D eigenvalue weighted by molar-refractivity contribution is 9.10. The summed E-state index contributed by atoms with van der Waals surface area (Å²) in [5, 5.41) is 5.32. The van der Waals surface area contributed by atoms with Crippen LogP contribution in [-0.2, 0) is 13.6 Å². The maximum absolute atomic E-state index is 11.2. The Labute approximate surface area is 106 Å². The minimum atomic E-state index is 0.00264. The topological polar surface area (TPSA) is 34.0 Å². The van der Waals surface area contributed by atoms with Gasteiger partial charge in [-0.05, 0) is 33.4 Å². The molecule has 16 heavy (non-hydrogen) atoms. The van der Waals surface area contributed by atoms with Crippen molar-refractivity contribution in [3.63, 3.8) is 0 Å². The van der Waals surface area contributed by atoms with E-state index in [2.05, 4.69) is 21.2 Å². The second-order valence-electron chi connectivity index (χ2n) is 3.41. The third-order valence-corrected chi connectivity index (χ3v) is 4.16. The molecule has 2 aromatic heterocycles. The lowest BCUT2D eigenvalue weighted by Gasteiger charge is -2.06. The first-order chi connectivity index (χ1) is 7.66. The van der Waals surface area contributed by atoms with Crippen molar-refractivity contribution in [2.75, 3.05) is 5.32 Å². The Morgan fingerprint density at radius 1 is 1.44 bits per heavy atom. The molecular weight excluding hydrogens is 288 g/mol. The van der Waals surface area contributed by atoms with Crippen LogP contribution in [-0.4, -0.2) is 4.57 Å². The van der Waals surface area contributed by atoms with Crippen molar-refractivity contribution in [2.45, 2.75) is 6.54 Å². The predicted molar refractivity (Wildman–Crippen MR) is 71.0 cm³/mol. The van der Waals surface area contributed by atoms with Crippen molar-refractivity contribution in [1.29, 1.82) is 0 Å². The lowest BCUT2D eigenvalue weighted by Crippen LogP contribution is -2.15. The summed E-state index contributed by atoms with van der Waals surface area (Å²) >= 11 is 5.18. The first-order valence-electron chi connectivity index (χ1n) is 4.79. The fraction of sp³-hybridized carbons (Fsp3) is 0.182. The maximum Gasteiger partial charge on any atom is 0.250 e. The van der Waals surface area contributed by atoms with Gasteiger partial charge in [0.2, 0.25) is 5.56 Å². The number of nitrogens with zero attached hydrogens (tertiary/aromatic N) is 1. The van der Waals surface area contributed by atoms with Crippen LogP contribution in [0.15, 0.2) is 39.0 Å². The van der Waals surface area contributed by atoms with Crippen LogP contribution in [0.3, 0.4) is 0 Å². The number of halogens is 1. The summed E-state index contributed by atoms with van der Waals surface area (Å²) in [7, 11) is 1.74. The molecule has 0 radical (unpaired) electrons. The predicted octanol–water partition coefficient (Wildman–Crippen LogP) is 2.82. The lowest BCUT2D eigenvalue weighted by atomic mass is 10.4. The zero-order chi connectivity index (χ0) is 11.5. The number of thiophene rings is 1. The van der Waals surface area contributed by atoms with E-state index in [9.17, 15) is 4.79 Å². The Morgan fingerprint density at radius 3 is 2.88 bits per heavy atom. The summed E-state index contributed by atoms with van der Waals surface area (Å²) in [5.74, 6) is 0. The molecule has 2 rings (SSSR count). The number of rotatable bonds is 3. The number of aryl methyl sites for hydroxylation is 1. The number of aromatic nitrogens is 1. The molecule has 0 bridgehead atoms. The molecule has 0 fully saturated rings. The molecule has 0 aliphatic heterocycles. The Morgan fingerprint density at radius 2 is 2.25 bits per heavy atom. The Hall–Kier alpha value is -1.07. The molecule has 84 valence electrons. The average molecular weight is 299 g/mol. The molecular formula is C11H11BrN2OS. The second-order valence-corrected chi connectivity index (χ2v) is 5.27. The van der Waals surface area contributed by atoms with Crippen molar-refractivity contribution in [3.8, 4) is 0 Å². The summed E-state index contributed by atoms with van der Waals surface area (Å²) in [4.78, 5) is 12.4. The molecule has 2 heterocycles. The molecule has 0 unspecified atom stereocenters. The minimum Gasteiger partial charge on any atom is -0.379 e. The van der Waals surface area contributed by atoms with E-state index < -0.39 is 0 Å². The molecule has 1 N–H and O–H groups in total. The van der Waals surface area contributed by atoms with Gasteiger partial charge in [-0.15, -0.1) is 11.3 Å². The molecule has 0 aromatic carbocycles. The quantitative estimate of drug-likeness (QED) is 0.945. The zero-order valence-electron chi connectivity index (χ0n) is 8.74. The van der Waals surface area contributed by atoms with Crippen molar-refractivity contribution in [3.05, 3.63) is 49.5 Å². The van der Waals surface area contributed by atoms with E-state index >= 15 is 0 Å². The van der Waals surface area contributed by atoms with Gasteiger partial charge >= 0.3 is 0 Å². The number of nitrogens with one attached hydrogen (secondary N) is 1. The van der Waals surface area contributed by atoms with Gasteiger partial charge in [0, 0.05) is 28.7 Å². The van der Waals surface area contributed by atoms with Gasteiger partial charge in [-0.1, -0.05) is 0 Å². The SMILES string of the molecule is Cn1cc(NCc2sccc2Br)ccc1=O. The molecule has 0 saturated heterocycles. The third kappa shape index (κ3) is 2.54. The van der Waals surface area contributed by atoms with Crippen molar-refractivity contribution < 1.29 is 0 Å². The molecule has 0 atom stereocenters. The number of hydrogen-bond donors (Lipinski definition) is 1. The van der Waals surface area contributed by atoms with Crippen LogP contribution in [0, 0.1) is 0 Å². The van der Waals surface area contributed by atoms with Crippen LogP contribution in [0.1, 0.15) is 4.88 Å². The monoisotopic (exact) mass is 298 g/mol. The standard InChI is InChI=1S/C11H11BrN2OS/c1-14-7-8(2-3-11(14)15)13-6-10-9(12)4-5-16-10/h2-5,7,13H,6H2,1H3. The fourth-order valence-electron chi connectivity index (χ4n) is 1.33. The molecule has 2 aromatic rings. The van der Waals surface area contributed by atoms with E-state index in [1.165, 1.54) is 4.88 Å². The molecule has 0 spiro atoms. The van der Waals surface area contributed by atoms with Crippen LogP contribution in [0.4, 0.5) is 5.69 Å². The second kappa shape index (κ2) is 4.84. The van der Waals surface area contributed by atoms with Gasteiger partial charge < -0.3 is 9.88 Å². The van der Waals surface area contributed by atoms with Crippen LogP contribution >= 0.6 is 27.3 Å². The number of anilines is 1. The van der Waals surface area contributed by atoms with Gasteiger partial charge in [0.1, 0.15) is 0 Å². The van der Waals surface area contributed by atoms with Crippen LogP contribution in [0.25, 0.3) is 0 Å². The van der Waals surface area contributed by atoms with E-state index in [-0.39, 0.29) is 5.56 Å². The largest absolute Gasteiger partial charge is 0.379 e. The summed E-state index contributed by atoms with van der Waals surface area (Å²) in [6.07, 6.45) is 1.80. The van der Waals surface area contributed by atoms with Gasteiger partial charge in [0.25, 0.3) is 0 Å². The number of hydrogen-bond acceptors (Lipinski definition) is 3. The highest BCUT2D eigenvalue weighted by Gasteiger charge is 2.01. The molecule has 0 aliphatic rings. The number of pyridine rings is 1. The summed E-state index contributed by atoms with van der Waals surface area (Å²) in [5.41, 5.74) is 0.949. The lowest BCUT2D eigenvalue weighted by molar-refractivity contribution is 0.859. The van der Waals surface area contributed by atoms with Crippen molar-refractivity contribution in [1.82, 2.24) is 4.57 Å². The fourth-order valence-corrected chi connectivity index (χ4v) is 2.76. The Bertz CT molecular complexity index is 547. The zero-order valence-corrected chi connectivity index (χ0v) is 11.1. The average Bonchev–Trinajstić information content (AvgIpc) is 2.66. The summed E-state index contributed by atoms with van der Waals surface area (Å²) in [6, 6.07) is 5.39. The first-order valence-corrected chi connectivity index (χ1v) is 6.46. The van der Waals surface area contributed by atoms with E-state index in [0.717, 1.165) is 16.7 Å². The van der Waals surface area contributed by atoms with Crippen LogP contribution in [0.5, 0.6) is 0 Å². The van der Waals surface area contributed by atoms with E-state index in [0.29, 0.717) is 0 Å². The van der Waals surface area contributed by atoms with E-state index in [4.69, 9.17) is 0 Å². The van der Waals surface area contributed by atoms with E-state index in [1.807, 2.05) is 11.4 Å². The van der Waals surface area contributed by atoms with Crippen LogP contribution < -0.4 is 10.9 Å². The molecule has 3 nitrogen and oxygen atoms in total. The van der Waals surface area contributed by atoms with Crippen molar-refractivity contribution in [2.24, 2.45) is 7.05 Å². The normalized spacial score (nSPS) is 10.4. The smallest absolute Gasteiger partial charge is 0.250 e. The molecule has 0 aliphatic carbocycles. The third-order valence-electron chi connectivity index (χ3n) is 2.23. The Balaban J connectivity index is 2.08. The summed E-state index contributed by atoms with van der Waals surface area (Å²) < 4.78 is 2.68. The Kier molecular flexibility index (Phi) is 3.46. The van der Waals surface area contributed by atoms with Gasteiger partial charge in [0.15, 0.2) is 0 Å². The van der Waals surface area contributed by atoms with Crippen LogP contribution in [0.2, 0.25) is 0 Å². The van der Waals surface area contributed by atoms with Crippen molar-refractivity contribution >= 4 is 33.0 Å². The molecule has 0 amide bonds. The molecule has 5 heteroatoms. The summed E-state index contributed by atoms with van der Waals surface area (Å²) in [6.45, 7) is 0.760. The van der Waals surface area contributed by atoms with Gasteiger partial charge in [-0.25, -0.2) is 0 Å². The van der Waals surface area contributed by atoms with Gasteiger partial charge in [0.05, 0.1) is 12.2 Å².